The molecule has 0 spiro atoms. The van der Waals surface area contributed by atoms with E-state index in [2.05, 4.69) is 47.0 Å². The fourth-order valence-electron chi connectivity index (χ4n) is 2.53. The molecule has 1 aromatic carbocycles. The number of hydrogen-bond donors (Lipinski definition) is 1. The van der Waals surface area contributed by atoms with E-state index in [-0.39, 0.29) is 0 Å². The van der Waals surface area contributed by atoms with Crippen LogP contribution in [0.1, 0.15) is 6.92 Å². The Hall–Kier alpha value is -1.55. The summed E-state index contributed by atoms with van der Waals surface area (Å²) in [5.74, 6) is 1.08. The third-order valence-corrected chi connectivity index (χ3v) is 3.52. The summed E-state index contributed by atoms with van der Waals surface area (Å²) in [5.41, 5.74) is 2.28. The molecule has 0 amide bonds. The number of fused-ring (bicyclic) bond motifs is 1. The molecule has 1 saturated heterocycles. The second-order valence-corrected chi connectivity index (χ2v) is 4.71. The molecule has 17 heavy (non-hydrogen) atoms. The van der Waals surface area contributed by atoms with Gasteiger partial charge in [0.25, 0.3) is 0 Å². The van der Waals surface area contributed by atoms with Crippen molar-refractivity contribution in [1.29, 1.82) is 0 Å². The number of nitrogens with zero attached hydrogens (tertiary/aromatic N) is 3. The quantitative estimate of drug-likeness (QED) is 0.803. The molecular weight excluding hydrogens is 212 g/mol. The molecule has 2 heterocycles. The standard InChI is InChI=1S/C13H18N4/c1-10-9-14-7-8-17(10)13-15-11-5-3-4-6-12(11)16(13)2/h3-6,10,14H,7-9H2,1-2H3. The Kier molecular flexibility index (Phi) is 2.52. The molecule has 1 unspecified atom stereocenters. The van der Waals surface area contributed by atoms with Crippen LogP contribution in [0.2, 0.25) is 0 Å². The lowest BCUT2D eigenvalue weighted by Gasteiger charge is -2.34. The lowest BCUT2D eigenvalue weighted by Crippen LogP contribution is -2.50. The molecule has 1 atom stereocenters. The highest BCUT2D eigenvalue weighted by molar-refractivity contribution is 5.78. The zero-order valence-corrected chi connectivity index (χ0v) is 10.3. The van der Waals surface area contributed by atoms with Gasteiger partial charge in [-0.15, -0.1) is 0 Å². The molecule has 0 bridgehead atoms. The molecule has 3 rings (SSSR count). The Morgan fingerprint density at radius 2 is 2.18 bits per heavy atom. The van der Waals surface area contributed by atoms with E-state index in [4.69, 9.17) is 4.98 Å². The predicted molar refractivity (Wildman–Crippen MR) is 70.4 cm³/mol. The summed E-state index contributed by atoms with van der Waals surface area (Å²) in [7, 11) is 2.10. The van der Waals surface area contributed by atoms with Crippen LogP contribution in [0.5, 0.6) is 0 Å². The number of para-hydroxylation sites is 2. The Balaban J connectivity index is 2.07. The second kappa shape index (κ2) is 4.04. The zero-order chi connectivity index (χ0) is 11.8. The highest BCUT2D eigenvalue weighted by Gasteiger charge is 2.22. The van der Waals surface area contributed by atoms with Gasteiger partial charge < -0.3 is 14.8 Å². The van der Waals surface area contributed by atoms with E-state index in [0.29, 0.717) is 6.04 Å². The normalized spacial score (nSPS) is 21.1. The molecule has 2 aromatic rings. The molecule has 4 nitrogen and oxygen atoms in total. The monoisotopic (exact) mass is 230 g/mol. The summed E-state index contributed by atoms with van der Waals surface area (Å²) in [6.07, 6.45) is 0. The van der Waals surface area contributed by atoms with Crippen molar-refractivity contribution >= 4 is 17.0 Å². The van der Waals surface area contributed by atoms with E-state index in [1.807, 2.05) is 6.07 Å². The number of hydrogen-bond acceptors (Lipinski definition) is 3. The summed E-state index contributed by atoms with van der Waals surface area (Å²) < 4.78 is 2.19. The van der Waals surface area contributed by atoms with E-state index in [9.17, 15) is 0 Å². The van der Waals surface area contributed by atoms with Crippen molar-refractivity contribution in [1.82, 2.24) is 14.9 Å². The van der Waals surface area contributed by atoms with Crippen LogP contribution in [-0.2, 0) is 7.05 Å². The van der Waals surface area contributed by atoms with Crippen LogP contribution in [0, 0.1) is 0 Å². The average molecular weight is 230 g/mol. The number of benzene rings is 1. The van der Waals surface area contributed by atoms with Gasteiger partial charge in [0, 0.05) is 32.7 Å². The number of nitrogens with one attached hydrogen (secondary N) is 1. The van der Waals surface area contributed by atoms with Gasteiger partial charge in [-0.1, -0.05) is 12.1 Å². The van der Waals surface area contributed by atoms with Crippen molar-refractivity contribution in [2.24, 2.45) is 7.05 Å². The number of aromatic nitrogens is 2. The number of piperazine rings is 1. The Bertz CT molecular complexity index is 531. The van der Waals surface area contributed by atoms with Crippen molar-refractivity contribution in [3.63, 3.8) is 0 Å². The van der Waals surface area contributed by atoms with E-state index >= 15 is 0 Å². The number of aryl methyl sites for hydroxylation is 1. The average Bonchev–Trinajstić information content (AvgIpc) is 2.68. The summed E-state index contributed by atoms with van der Waals surface area (Å²) in [4.78, 5) is 7.13. The van der Waals surface area contributed by atoms with Gasteiger partial charge in [0.05, 0.1) is 11.0 Å². The summed E-state index contributed by atoms with van der Waals surface area (Å²) >= 11 is 0. The lowest BCUT2D eigenvalue weighted by atomic mass is 10.2. The molecule has 90 valence electrons. The number of rotatable bonds is 1. The maximum absolute atomic E-state index is 4.75. The van der Waals surface area contributed by atoms with Gasteiger partial charge in [0.1, 0.15) is 0 Å². The molecule has 1 aliphatic rings. The first-order chi connectivity index (χ1) is 8.27. The lowest BCUT2D eigenvalue weighted by molar-refractivity contribution is 0.489. The zero-order valence-electron chi connectivity index (χ0n) is 10.3. The topological polar surface area (TPSA) is 33.1 Å². The summed E-state index contributed by atoms with van der Waals surface area (Å²) in [5, 5.41) is 3.41. The van der Waals surface area contributed by atoms with Gasteiger partial charge in [-0.2, -0.15) is 0 Å². The van der Waals surface area contributed by atoms with Gasteiger partial charge in [-0.05, 0) is 19.1 Å². The highest BCUT2D eigenvalue weighted by Crippen LogP contribution is 2.22. The van der Waals surface area contributed by atoms with Crippen molar-refractivity contribution in [3.05, 3.63) is 24.3 Å². The molecule has 4 heteroatoms. The molecule has 1 fully saturated rings. The van der Waals surface area contributed by atoms with Crippen LogP contribution in [0.3, 0.4) is 0 Å². The fourth-order valence-corrected chi connectivity index (χ4v) is 2.53. The van der Waals surface area contributed by atoms with Crippen LogP contribution in [-0.4, -0.2) is 35.2 Å². The van der Waals surface area contributed by atoms with E-state index < -0.39 is 0 Å². The van der Waals surface area contributed by atoms with Gasteiger partial charge >= 0.3 is 0 Å². The number of imidazole rings is 1. The van der Waals surface area contributed by atoms with E-state index in [1.54, 1.807) is 0 Å². The minimum Gasteiger partial charge on any atom is -0.337 e. The minimum absolute atomic E-state index is 0.499. The third kappa shape index (κ3) is 1.69. The molecule has 1 aliphatic heterocycles. The fraction of sp³-hybridized carbons (Fsp3) is 0.462. The Morgan fingerprint density at radius 3 is 2.94 bits per heavy atom. The SMILES string of the molecule is CC1CNCCN1c1nc2ccccc2n1C. The van der Waals surface area contributed by atoms with Crippen LogP contribution in [0.4, 0.5) is 5.95 Å². The molecular formula is C13H18N4. The van der Waals surface area contributed by atoms with Crippen LogP contribution < -0.4 is 10.2 Å². The second-order valence-electron chi connectivity index (χ2n) is 4.71. The largest absolute Gasteiger partial charge is 0.337 e. The Morgan fingerprint density at radius 1 is 1.35 bits per heavy atom. The molecule has 0 radical (unpaired) electrons. The molecule has 1 N–H and O–H groups in total. The highest BCUT2D eigenvalue weighted by atomic mass is 15.3. The smallest absolute Gasteiger partial charge is 0.206 e. The van der Waals surface area contributed by atoms with Crippen LogP contribution >= 0.6 is 0 Å². The third-order valence-electron chi connectivity index (χ3n) is 3.52. The van der Waals surface area contributed by atoms with Gasteiger partial charge in [-0.25, -0.2) is 4.98 Å². The van der Waals surface area contributed by atoms with Crippen molar-refractivity contribution < 1.29 is 0 Å². The molecule has 1 aromatic heterocycles. The van der Waals surface area contributed by atoms with Crippen molar-refractivity contribution in [2.45, 2.75) is 13.0 Å². The van der Waals surface area contributed by atoms with Crippen LogP contribution in [0.25, 0.3) is 11.0 Å². The Labute approximate surface area is 101 Å². The number of anilines is 1. The summed E-state index contributed by atoms with van der Waals surface area (Å²) in [6.45, 7) is 5.33. The first kappa shape index (κ1) is 10.6. The predicted octanol–water partition coefficient (Wildman–Crippen LogP) is 1.37. The van der Waals surface area contributed by atoms with Gasteiger partial charge in [-0.3, -0.25) is 0 Å². The molecule has 0 saturated carbocycles. The van der Waals surface area contributed by atoms with E-state index in [1.165, 1.54) is 5.52 Å². The van der Waals surface area contributed by atoms with Crippen LogP contribution in [0.15, 0.2) is 24.3 Å². The van der Waals surface area contributed by atoms with Crippen molar-refractivity contribution in [3.8, 4) is 0 Å². The minimum atomic E-state index is 0.499. The maximum atomic E-state index is 4.75. The van der Waals surface area contributed by atoms with Gasteiger partial charge in [0.15, 0.2) is 0 Å². The first-order valence-electron chi connectivity index (χ1n) is 6.16. The van der Waals surface area contributed by atoms with Crippen molar-refractivity contribution in [2.75, 3.05) is 24.5 Å². The maximum Gasteiger partial charge on any atom is 0.206 e. The van der Waals surface area contributed by atoms with E-state index in [0.717, 1.165) is 31.1 Å². The molecule has 0 aliphatic carbocycles. The first-order valence-corrected chi connectivity index (χ1v) is 6.16. The summed E-state index contributed by atoms with van der Waals surface area (Å²) in [6, 6.07) is 8.80. The van der Waals surface area contributed by atoms with Gasteiger partial charge in [0.2, 0.25) is 5.95 Å².